The number of nitriles is 1. The highest BCUT2D eigenvalue weighted by Gasteiger charge is 2.59. The Morgan fingerprint density at radius 2 is 2.25 bits per heavy atom. The number of benzene rings is 1. The molecule has 1 aliphatic carbocycles. The number of halogens is 1. The highest BCUT2D eigenvalue weighted by atomic mass is 127. The molecule has 1 aromatic rings. The van der Waals surface area contributed by atoms with Crippen LogP contribution in [-0.4, -0.2) is 31.8 Å². The first-order valence-electron chi connectivity index (χ1n) is 8.14. The van der Waals surface area contributed by atoms with Crippen LogP contribution in [0, 0.1) is 22.7 Å². The second-order valence-electron chi connectivity index (χ2n) is 6.93. The Balaban J connectivity index is 0.00000208. The SMILES string of the molecule is CN=C(NCc1cccc(C#N)c1)NC1C2CCOC2C1(C)C.I. The van der Waals surface area contributed by atoms with Crippen LogP contribution in [0.1, 0.15) is 31.4 Å². The zero-order valence-corrected chi connectivity index (χ0v) is 16.7. The molecule has 1 aromatic carbocycles. The summed E-state index contributed by atoms with van der Waals surface area (Å²) in [5.74, 6) is 1.38. The summed E-state index contributed by atoms with van der Waals surface area (Å²) in [6, 6.07) is 10.2. The van der Waals surface area contributed by atoms with Crippen molar-refractivity contribution in [1.82, 2.24) is 10.6 Å². The molecule has 130 valence electrons. The summed E-state index contributed by atoms with van der Waals surface area (Å²) in [6.07, 6.45) is 1.48. The molecule has 3 unspecified atom stereocenters. The molecule has 0 bridgehead atoms. The third-order valence-corrected chi connectivity index (χ3v) is 5.13. The number of hydrogen-bond acceptors (Lipinski definition) is 3. The maximum atomic E-state index is 8.97. The van der Waals surface area contributed by atoms with Gasteiger partial charge < -0.3 is 15.4 Å². The number of hydrogen-bond donors (Lipinski definition) is 2. The molecule has 0 radical (unpaired) electrons. The highest BCUT2D eigenvalue weighted by molar-refractivity contribution is 14.0. The molecule has 1 saturated carbocycles. The molecule has 6 heteroatoms. The van der Waals surface area contributed by atoms with Crippen molar-refractivity contribution in [2.24, 2.45) is 16.3 Å². The largest absolute Gasteiger partial charge is 0.377 e. The van der Waals surface area contributed by atoms with Gasteiger partial charge in [0, 0.05) is 37.6 Å². The predicted molar refractivity (Wildman–Crippen MR) is 105 cm³/mol. The molecule has 2 aliphatic rings. The summed E-state index contributed by atoms with van der Waals surface area (Å²) in [4.78, 5) is 4.34. The van der Waals surface area contributed by atoms with Crippen molar-refractivity contribution in [3.63, 3.8) is 0 Å². The van der Waals surface area contributed by atoms with Crippen LogP contribution in [0.3, 0.4) is 0 Å². The van der Waals surface area contributed by atoms with Gasteiger partial charge in [0.05, 0.1) is 17.7 Å². The number of ether oxygens (including phenoxy) is 1. The first-order chi connectivity index (χ1) is 11.1. The Labute approximate surface area is 160 Å². The van der Waals surface area contributed by atoms with Crippen LogP contribution in [0.2, 0.25) is 0 Å². The minimum Gasteiger partial charge on any atom is -0.377 e. The van der Waals surface area contributed by atoms with Crippen molar-refractivity contribution in [1.29, 1.82) is 5.26 Å². The molecule has 0 spiro atoms. The highest BCUT2D eigenvalue weighted by Crippen LogP contribution is 2.52. The molecule has 2 fully saturated rings. The smallest absolute Gasteiger partial charge is 0.191 e. The zero-order valence-electron chi connectivity index (χ0n) is 14.4. The number of aliphatic imine (C=N–C) groups is 1. The monoisotopic (exact) mass is 440 g/mol. The molecule has 1 heterocycles. The molecule has 0 amide bonds. The van der Waals surface area contributed by atoms with Gasteiger partial charge in [0.2, 0.25) is 0 Å². The lowest BCUT2D eigenvalue weighted by atomic mass is 9.57. The Bertz CT molecular complexity index is 653. The molecule has 2 N–H and O–H groups in total. The summed E-state index contributed by atoms with van der Waals surface area (Å²) in [6.45, 7) is 6.01. The molecule has 24 heavy (non-hydrogen) atoms. The van der Waals surface area contributed by atoms with Crippen molar-refractivity contribution >= 4 is 29.9 Å². The second-order valence-corrected chi connectivity index (χ2v) is 6.93. The van der Waals surface area contributed by atoms with Crippen LogP contribution in [0.4, 0.5) is 0 Å². The van der Waals surface area contributed by atoms with Gasteiger partial charge in [-0.3, -0.25) is 4.99 Å². The van der Waals surface area contributed by atoms with E-state index in [-0.39, 0.29) is 29.4 Å². The van der Waals surface area contributed by atoms with Crippen molar-refractivity contribution in [3.8, 4) is 6.07 Å². The topological polar surface area (TPSA) is 69.4 Å². The summed E-state index contributed by atoms with van der Waals surface area (Å²) in [5, 5.41) is 15.9. The Morgan fingerprint density at radius 3 is 2.96 bits per heavy atom. The first kappa shape index (κ1) is 19.0. The molecular formula is C18H25IN4O. The average Bonchev–Trinajstić information content (AvgIpc) is 3.02. The summed E-state index contributed by atoms with van der Waals surface area (Å²) in [5.41, 5.74) is 1.87. The number of guanidine groups is 1. The maximum Gasteiger partial charge on any atom is 0.191 e. The minimum absolute atomic E-state index is 0. The third kappa shape index (κ3) is 3.52. The van der Waals surface area contributed by atoms with Crippen molar-refractivity contribution < 1.29 is 4.74 Å². The summed E-state index contributed by atoms with van der Waals surface area (Å²) in [7, 11) is 1.79. The van der Waals surface area contributed by atoms with Crippen LogP contribution in [0.5, 0.6) is 0 Å². The van der Waals surface area contributed by atoms with Gasteiger partial charge in [-0.05, 0) is 24.1 Å². The van der Waals surface area contributed by atoms with E-state index in [4.69, 9.17) is 10.00 Å². The Kier molecular flexibility index (Phi) is 6.10. The van der Waals surface area contributed by atoms with Crippen molar-refractivity contribution in [3.05, 3.63) is 35.4 Å². The van der Waals surface area contributed by atoms with E-state index in [1.807, 2.05) is 24.3 Å². The van der Waals surface area contributed by atoms with E-state index in [0.29, 0.717) is 30.2 Å². The van der Waals surface area contributed by atoms with Crippen LogP contribution in [0.15, 0.2) is 29.3 Å². The maximum absolute atomic E-state index is 8.97. The summed E-state index contributed by atoms with van der Waals surface area (Å²) < 4.78 is 5.84. The van der Waals surface area contributed by atoms with E-state index in [9.17, 15) is 0 Å². The lowest BCUT2D eigenvalue weighted by Crippen LogP contribution is -2.67. The normalized spacial score (nSPS) is 27.2. The van der Waals surface area contributed by atoms with Gasteiger partial charge in [0.15, 0.2) is 5.96 Å². The molecule has 0 aromatic heterocycles. The molecule has 1 saturated heterocycles. The zero-order chi connectivity index (χ0) is 16.4. The minimum atomic E-state index is 0. The van der Waals surface area contributed by atoms with E-state index >= 15 is 0 Å². The van der Waals surface area contributed by atoms with Gasteiger partial charge >= 0.3 is 0 Å². The Morgan fingerprint density at radius 1 is 1.46 bits per heavy atom. The van der Waals surface area contributed by atoms with E-state index in [2.05, 4.69) is 35.5 Å². The number of nitrogens with one attached hydrogen (secondary N) is 2. The van der Waals surface area contributed by atoms with E-state index in [1.54, 1.807) is 7.05 Å². The quantitative estimate of drug-likeness (QED) is 0.431. The van der Waals surface area contributed by atoms with E-state index < -0.39 is 0 Å². The standard InChI is InChI=1S/C18H24N4O.HI/c1-18(2)15(14-7-8-23-16(14)18)22-17(20-3)21-11-13-6-4-5-12(9-13)10-19;/h4-6,9,14-16H,7-8,11H2,1-3H3,(H2,20,21,22);1H. The van der Waals surface area contributed by atoms with Gasteiger partial charge in [0.25, 0.3) is 0 Å². The van der Waals surface area contributed by atoms with Crippen LogP contribution in [-0.2, 0) is 11.3 Å². The first-order valence-corrected chi connectivity index (χ1v) is 8.14. The average molecular weight is 440 g/mol. The lowest BCUT2D eigenvalue weighted by Gasteiger charge is -2.54. The fraction of sp³-hybridized carbons (Fsp3) is 0.556. The van der Waals surface area contributed by atoms with Gasteiger partial charge in [-0.2, -0.15) is 5.26 Å². The molecular weight excluding hydrogens is 415 g/mol. The molecule has 1 aliphatic heterocycles. The number of rotatable bonds is 3. The molecule has 3 atom stereocenters. The lowest BCUT2D eigenvalue weighted by molar-refractivity contribution is -0.106. The summed E-state index contributed by atoms with van der Waals surface area (Å²) >= 11 is 0. The molecule has 3 rings (SSSR count). The van der Waals surface area contributed by atoms with Crippen molar-refractivity contribution in [2.75, 3.05) is 13.7 Å². The third-order valence-electron chi connectivity index (χ3n) is 5.13. The van der Waals surface area contributed by atoms with Crippen LogP contribution in [0.25, 0.3) is 0 Å². The van der Waals surface area contributed by atoms with E-state index in [1.165, 1.54) is 0 Å². The number of fused-ring (bicyclic) bond motifs is 1. The van der Waals surface area contributed by atoms with E-state index in [0.717, 1.165) is 24.6 Å². The van der Waals surface area contributed by atoms with Gasteiger partial charge in [-0.15, -0.1) is 24.0 Å². The predicted octanol–water partition coefficient (Wildman–Crippen LogP) is 2.65. The molecule has 5 nitrogen and oxygen atoms in total. The Hall–Kier alpha value is -1.33. The van der Waals surface area contributed by atoms with Crippen molar-refractivity contribution in [2.45, 2.75) is 39.0 Å². The van der Waals surface area contributed by atoms with Gasteiger partial charge in [0.1, 0.15) is 0 Å². The second kappa shape index (κ2) is 7.70. The fourth-order valence-electron chi connectivity index (χ4n) is 3.90. The van der Waals surface area contributed by atoms with Crippen LogP contribution >= 0.6 is 24.0 Å². The van der Waals surface area contributed by atoms with Gasteiger partial charge in [-0.1, -0.05) is 26.0 Å². The van der Waals surface area contributed by atoms with Crippen LogP contribution < -0.4 is 10.6 Å². The van der Waals surface area contributed by atoms with Gasteiger partial charge in [-0.25, -0.2) is 0 Å². The fourth-order valence-corrected chi connectivity index (χ4v) is 3.90. The number of nitrogens with zero attached hydrogens (tertiary/aromatic N) is 2.